The van der Waals surface area contributed by atoms with Crippen molar-refractivity contribution in [2.45, 2.75) is 11.8 Å². The van der Waals surface area contributed by atoms with E-state index in [1.165, 1.54) is 11.8 Å². The maximum absolute atomic E-state index is 11.6. The minimum absolute atomic E-state index is 0.340. The maximum atomic E-state index is 11.6. The SMILES string of the molecule is Cc1ccc(-c2c(-c3ccc(S(C)(=O)=O)cc3)csc2Br)cc1. The van der Waals surface area contributed by atoms with Crippen LogP contribution in [0.5, 0.6) is 0 Å². The van der Waals surface area contributed by atoms with E-state index in [-0.39, 0.29) is 0 Å². The molecule has 0 atom stereocenters. The van der Waals surface area contributed by atoms with Gasteiger partial charge in [-0.25, -0.2) is 8.42 Å². The number of benzene rings is 2. The molecule has 2 aromatic carbocycles. The van der Waals surface area contributed by atoms with Crippen LogP contribution in [0.4, 0.5) is 0 Å². The van der Waals surface area contributed by atoms with Gasteiger partial charge in [-0.2, -0.15) is 0 Å². The molecule has 118 valence electrons. The highest BCUT2D eigenvalue weighted by Gasteiger charge is 2.14. The van der Waals surface area contributed by atoms with E-state index in [4.69, 9.17) is 0 Å². The van der Waals surface area contributed by atoms with Crippen molar-refractivity contribution in [2.24, 2.45) is 0 Å². The van der Waals surface area contributed by atoms with E-state index in [2.05, 4.69) is 52.5 Å². The zero-order valence-corrected chi connectivity index (χ0v) is 15.9. The van der Waals surface area contributed by atoms with Crippen molar-refractivity contribution in [3.05, 3.63) is 63.3 Å². The first-order valence-corrected chi connectivity index (χ1v) is 10.6. The third-order valence-corrected chi connectivity index (χ3v) is 6.53. The van der Waals surface area contributed by atoms with Crippen molar-refractivity contribution in [2.75, 3.05) is 6.26 Å². The smallest absolute Gasteiger partial charge is 0.175 e. The van der Waals surface area contributed by atoms with Crippen molar-refractivity contribution in [3.8, 4) is 22.3 Å². The summed E-state index contributed by atoms with van der Waals surface area (Å²) in [6, 6.07) is 15.5. The van der Waals surface area contributed by atoms with E-state index in [1.807, 2.05) is 12.1 Å². The Bertz CT molecular complexity index is 938. The van der Waals surface area contributed by atoms with E-state index in [1.54, 1.807) is 23.5 Å². The molecular formula is C18H15BrO2S2. The Morgan fingerprint density at radius 1 is 0.913 bits per heavy atom. The molecule has 1 aromatic heterocycles. The predicted octanol–water partition coefficient (Wildman–Crippen LogP) is 5.56. The molecule has 0 saturated carbocycles. The van der Waals surface area contributed by atoms with Crippen LogP contribution < -0.4 is 0 Å². The van der Waals surface area contributed by atoms with Crippen LogP contribution in [0.1, 0.15) is 5.56 Å². The van der Waals surface area contributed by atoms with Gasteiger partial charge >= 0.3 is 0 Å². The Balaban J connectivity index is 2.10. The van der Waals surface area contributed by atoms with Crippen molar-refractivity contribution in [3.63, 3.8) is 0 Å². The highest BCUT2D eigenvalue weighted by molar-refractivity contribution is 9.11. The van der Waals surface area contributed by atoms with Crippen molar-refractivity contribution < 1.29 is 8.42 Å². The quantitative estimate of drug-likeness (QED) is 0.570. The number of halogens is 1. The molecule has 0 bridgehead atoms. The lowest BCUT2D eigenvalue weighted by atomic mass is 9.98. The summed E-state index contributed by atoms with van der Waals surface area (Å²) in [5.74, 6) is 0. The van der Waals surface area contributed by atoms with Gasteiger partial charge < -0.3 is 0 Å². The fourth-order valence-corrected chi connectivity index (χ4v) is 4.59. The average molecular weight is 407 g/mol. The van der Waals surface area contributed by atoms with Crippen LogP contribution in [0, 0.1) is 6.92 Å². The van der Waals surface area contributed by atoms with Gasteiger partial charge in [0, 0.05) is 22.8 Å². The molecule has 0 unspecified atom stereocenters. The van der Waals surface area contributed by atoms with Crippen LogP contribution in [0.3, 0.4) is 0 Å². The largest absolute Gasteiger partial charge is 0.224 e. The minimum Gasteiger partial charge on any atom is -0.224 e. The zero-order valence-electron chi connectivity index (χ0n) is 12.7. The van der Waals surface area contributed by atoms with Crippen LogP contribution in [-0.4, -0.2) is 14.7 Å². The Kier molecular flexibility index (Phi) is 4.45. The van der Waals surface area contributed by atoms with E-state index in [0.29, 0.717) is 4.90 Å². The fourth-order valence-electron chi connectivity index (χ4n) is 2.42. The summed E-state index contributed by atoms with van der Waals surface area (Å²) in [5.41, 5.74) is 5.62. The number of thiophene rings is 1. The zero-order chi connectivity index (χ0) is 16.6. The summed E-state index contributed by atoms with van der Waals surface area (Å²) < 4.78 is 24.3. The molecule has 0 radical (unpaired) electrons. The Labute approximate surface area is 148 Å². The van der Waals surface area contributed by atoms with E-state index in [0.717, 1.165) is 26.0 Å². The number of aryl methyl sites for hydroxylation is 1. The topological polar surface area (TPSA) is 34.1 Å². The van der Waals surface area contributed by atoms with Gasteiger partial charge in [0.2, 0.25) is 0 Å². The molecule has 3 aromatic rings. The Hall–Kier alpha value is -1.43. The molecule has 0 aliphatic rings. The van der Waals surface area contributed by atoms with Gasteiger partial charge in [-0.15, -0.1) is 11.3 Å². The molecule has 5 heteroatoms. The summed E-state index contributed by atoms with van der Waals surface area (Å²) >= 11 is 5.27. The highest BCUT2D eigenvalue weighted by atomic mass is 79.9. The van der Waals surface area contributed by atoms with Crippen molar-refractivity contribution in [1.29, 1.82) is 0 Å². The van der Waals surface area contributed by atoms with Crippen LogP contribution >= 0.6 is 27.3 Å². The van der Waals surface area contributed by atoms with E-state index < -0.39 is 9.84 Å². The average Bonchev–Trinajstić information content (AvgIpc) is 2.89. The van der Waals surface area contributed by atoms with Crippen LogP contribution in [0.2, 0.25) is 0 Å². The molecule has 0 N–H and O–H groups in total. The minimum atomic E-state index is -3.17. The molecule has 0 saturated heterocycles. The molecule has 0 aliphatic heterocycles. The third-order valence-electron chi connectivity index (χ3n) is 3.68. The first-order chi connectivity index (χ1) is 10.9. The van der Waals surface area contributed by atoms with Crippen LogP contribution in [0.15, 0.2) is 62.6 Å². The lowest BCUT2D eigenvalue weighted by Crippen LogP contribution is -1.96. The second-order valence-electron chi connectivity index (χ2n) is 5.46. The number of hydrogen-bond donors (Lipinski definition) is 0. The summed E-state index contributed by atoms with van der Waals surface area (Å²) in [7, 11) is -3.17. The fraction of sp³-hybridized carbons (Fsp3) is 0.111. The summed E-state index contributed by atoms with van der Waals surface area (Å²) in [4.78, 5) is 0.340. The number of sulfone groups is 1. The standard InChI is InChI=1S/C18H15BrO2S2/c1-12-3-5-14(6-4-12)17-16(11-22-18(17)19)13-7-9-15(10-8-13)23(2,20)21/h3-11H,1-2H3. The van der Waals surface area contributed by atoms with Crippen molar-refractivity contribution >= 4 is 37.1 Å². The second kappa shape index (κ2) is 6.23. The monoisotopic (exact) mass is 406 g/mol. The van der Waals surface area contributed by atoms with Gasteiger partial charge in [-0.3, -0.25) is 0 Å². The molecule has 23 heavy (non-hydrogen) atoms. The summed E-state index contributed by atoms with van der Waals surface area (Å²) in [6.07, 6.45) is 1.22. The predicted molar refractivity (Wildman–Crippen MR) is 101 cm³/mol. The molecule has 0 aliphatic carbocycles. The molecular weight excluding hydrogens is 392 g/mol. The molecule has 3 rings (SSSR count). The van der Waals surface area contributed by atoms with Crippen LogP contribution in [0.25, 0.3) is 22.3 Å². The van der Waals surface area contributed by atoms with E-state index in [9.17, 15) is 8.42 Å². The highest BCUT2D eigenvalue weighted by Crippen LogP contribution is 2.42. The van der Waals surface area contributed by atoms with Crippen molar-refractivity contribution in [1.82, 2.24) is 0 Å². The Morgan fingerprint density at radius 3 is 2.04 bits per heavy atom. The third kappa shape index (κ3) is 3.42. The summed E-state index contributed by atoms with van der Waals surface area (Å²) in [5, 5.41) is 2.09. The van der Waals surface area contributed by atoms with Gasteiger partial charge in [0.15, 0.2) is 9.84 Å². The number of rotatable bonds is 3. The van der Waals surface area contributed by atoms with Gasteiger partial charge in [-0.1, -0.05) is 42.0 Å². The van der Waals surface area contributed by atoms with Gasteiger partial charge in [0.25, 0.3) is 0 Å². The maximum Gasteiger partial charge on any atom is 0.175 e. The lowest BCUT2D eigenvalue weighted by molar-refractivity contribution is 0.602. The van der Waals surface area contributed by atoms with Gasteiger partial charge in [0.05, 0.1) is 8.68 Å². The first kappa shape index (κ1) is 16.4. The second-order valence-corrected chi connectivity index (χ2v) is 9.67. The number of hydrogen-bond acceptors (Lipinski definition) is 3. The molecule has 0 spiro atoms. The molecule has 1 heterocycles. The molecule has 0 fully saturated rings. The van der Waals surface area contributed by atoms with Crippen LogP contribution in [-0.2, 0) is 9.84 Å². The summed E-state index contributed by atoms with van der Waals surface area (Å²) in [6.45, 7) is 2.07. The van der Waals surface area contributed by atoms with E-state index >= 15 is 0 Å². The lowest BCUT2D eigenvalue weighted by Gasteiger charge is -2.07. The first-order valence-electron chi connectivity index (χ1n) is 7.01. The normalized spacial score (nSPS) is 11.6. The van der Waals surface area contributed by atoms with Gasteiger partial charge in [0.1, 0.15) is 0 Å². The Morgan fingerprint density at radius 2 is 1.48 bits per heavy atom. The molecule has 2 nitrogen and oxygen atoms in total. The molecule has 0 amide bonds. The van der Waals surface area contributed by atoms with Gasteiger partial charge in [-0.05, 0) is 46.1 Å².